The van der Waals surface area contributed by atoms with Gasteiger partial charge in [0.2, 0.25) is 0 Å². The maximum absolute atomic E-state index is 9.63. The fraction of sp³-hybridized carbons (Fsp3) is 0.647. The van der Waals surface area contributed by atoms with Crippen molar-refractivity contribution in [2.45, 2.75) is 56.4 Å². The lowest BCUT2D eigenvalue weighted by molar-refractivity contribution is 0.0695. The van der Waals surface area contributed by atoms with Gasteiger partial charge in [0.05, 0.1) is 6.10 Å². The summed E-state index contributed by atoms with van der Waals surface area (Å²) in [7, 11) is 0. The molecule has 1 aromatic rings. The van der Waals surface area contributed by atoms with Gasteiger partial charge in [-0.2, -0.15) is 0 Å². The van der Waals surface area contributed by atoms with E-state index in [4.69, 9.17) is 0 Å². The van der Waals surface area contributed by atoms with Crippen LogP contribution < -0.4 is 0 Å². The van der Waals surface area contributed by atoms with Crippen molar-refractivity contribution in [3.63, 3.8) is 0 Å². The van der Waals surface area contributed by atoms with Crippen LogP contribution in [-0.2, 0) is 6.54 Å². The maximum atomic E-state index is 9.63. The third-order valence-electron chi connectivity index (χ3n) is 4.02. The zero-order valence-electron chi connectivity index (χ0n) is 12.9. The number of aliphatic hydroxyl groups excluding tert-OH is 1. The summed E-state index contributed by atoms with van der Waals surface area (Å²) in [6.45, 7) is 9.64. The molecule has 0 aromatic heterocycles. The molecule has 1 fully saturated rings. The van der Waals surface area contributed by atoms with Gasteiger partial charge >= 0.3 is 0 Å². The number of hydrogen-bond donors (Lipinski definition) is 1. The van der Waals surface area contributed by atoms with E-state index in [1.807, 2.05) is 18.7 Å². The Morgan fingerprint density at radius 3 is 2.25 bits per heavy atom. The Morgan fingerprint density at radius 2 is 1.75 bits per heavy atom. The molecule has 1 N–H and O–H groups in total. The van der Waals surface area contributed by atoms with Crippen LogP contribution >= 0.6 is 11.8 Å². The van der Waals surface area contributed by atoms with Crippen LogP contribution in [0.4, 0.5) is 0 Å². The minimum atomic E-state index is -0.149. The number of benzene rings is 1. The van der Waals surface area contributed by atoms with Crippen LogP contribution in [0, 0.1) is 5.92 Å². The molecule has 1 aromatic carbocycles. The van der Waals surface area contributed by atoms with Crippen LogP contribution in [0.2, 0.25) is 0 Å². The molecule has 0 saturated carbocycles. The smallest absolute Gasteiger partial charge is 0.0541 e. The molecule has 3 heteroatoms. The van der Waals surface area contributed by atoms with Gasteiger partial charge in [0.1, 0.15) is 0 Å². The zero-order chi connectivity index (χ0) is 14.5. The molecule has 1 saturated heterocycles. The third-order valence-corrected chi connectivity index (χ3v) is 5.03. The van der Waals surface area contributed by atoms with Crippen molar-refractivity contribution in [2.75, 3.05) is 13.1 Å². The molecule has 20 heavy (non-hydrogen) atoms. The molecule has 2 nitrogen and oxygen atoms in total. The summed E-state index contributed by atoms with van der Waals surface area (Å²) in [5.74, 6) is 0.496. The zero-order valence-corrected chi connectivity index (χ0v) is 13.7. The van der Waals surface area contributed by atoms with E-state index in [9.17, 15) is 5.11 Å². The predicted octanol–water partition coefficient (Wildman–Crippen LogP) is 3.78. The average molecular weight is 293 g/mol. The molecular formula is C17H27NOS. The average Bonchev–Trinajstić information content (AvgIpc) is 2.41. The highest BCUT2D eigenvalue weighted by Gasteiger charge is 2.22. The topological polar surface area (TPSA) is 23.5 Å². The van der Waals surface area contributed by atoms with E-state index in [1.165, 1.54) is 10.5 Å². The maximum Gasteiger partial charge on any atom is 0.0541 e. The summed E-state index contributed by atoms with van der Waals surface area (Å²) in [6.07, 6.45) is 2.10. The summed E-state index contributed by atoms with van der Waals surface area (Å²) >= 11 is 1.92. The molecule has 0 bridgehead atoms. The first kappa shape index (κ1) is 15.9. The SMILES string of the molecule is CC(C)Sc1ccc(CN2CCC(C(C)O)CC2)cc1. The van der Waals surface area contributed by atoms with E-state index in [1.54, 1.807) is 0 Å². The Labute approximate surface area is 127 Å². The van der Waals surface area contributed by atoms with E-state index < -0.39 is 0 Å². The summed E-state index contributed by atoms with van der Waals surface area (Å²) in [5.41, 5.74) is 1.40. The number of piperidine rings is 1. The first-order valence-electron chi connectivity index (χ1n) is 7.70. The van der Waals surface area contributed by atoms with E-state index in [-0.39, 0.29) is 6.10 Å². The molecule has 1 aliphatic rings. The summed E-state index contributed by atoms with van der Waals surface area (Å²) < 4.78 is 0. The van der Waals surface area contributed by atoms with Crippen molar-refractivity contribution in [1.29, 1.82) is 0 Å². The van der Waals surface area contributed by atoms with Gasteiger partial charge in [0.25, 0.3) is 0 Å². The van der Waals surface area contributed by atoms with Gasteiger partial charge in [-0.15, -0.1) is 11.8 Å². The number of hydrogen-bond acceptors (Lipinski definition) is 3. The fourth-order valence-electron chi connectivity index (χ4n) is 2.80. The summed E-state index contributed by atoms with van der Waals surface area (Å²) in [4.78, 5) is 3.86. The van der Waals surface area contributed by atoms with E-state index >= 15 is 0 Å². The van der Waals surface area contributed by atoms with Gasteiger partial charge in [0, 0.05) is 16.7 Å². The van der Waals surface area contributed by atoms with Gasteiger partial charge < -0.3 is 5.11 Å². The molecule has 1 unspecified atom stereocenters. The van der Waals surface area contributed by atoms with Crippen LogP contribution in [0.3, 0.4) is 0 Å². The molecule has 1 aliphatic heterocycles. The molecule has 0 radical (unpaired) electrons. The second-order valence-electron chi connectivity index (χ2n) is 6.16. The van der Waals surface area contributed by atoms with E-state index in [0.29, 0.717) is 11.2 Å². The van der Waals surface area contributed by atoms with Gasteiger partial charge in [-0.05, 0) is 56.5 Å². The Balaban J connectivity index is 1.82. The highest BCUT2D eigenvalue weighted by Crippen LogP contribution is 2.25. The van der Waals surface area contributed by atoms with Crippen LogP contribution in [0.1, 0.15) is 39.2 Å². The molecule has 112 valence electrons. The Morgan fingerprint density at radius 1 is 1.15 bits per heavy atom. The molecule has 1 atom stereocenters. The second-order valence-corrected chi connectivity index (χ2v) is 7.81. The van der Waals surface area contributed by atoms with Crippen molar-refractivity contribution in [1.82, 2.24) is 4.90 Å². The lowest BCUT2D eigenvalue weighted by Crippen LogP contribution is -2.36. The highest BCUT2D eigenvalue weighted by atomic mass is 32.2. The van der Waals surface area contributed by atoms with Crippen molar-refractivity contribution in [3.05, 3.63) is 29.8 Å². The minimum Gasteiger partial charge on any atom is -0.393 e. The largest absolute Gasteiger partial charge is 0.393 e. The van der Waals surface area contributed by atoms with Crippen LogP contribution in [0.5, 0.6) is 0 Å². The number of thioether (sulfide) groups is 1. The second kappa shape index (κ2) is 7.48. The van der Waals surface area contributed by atoms with Crippen LogP contribution in [-0.4, -0.2) is 34.4 Å². The summed E-state index contributed by atoms with van der Waals surface area (Å²) in [6, 6.07) is 8.99. The number of likely N-dealkylation sites (tertiary alicyclic amines) is 1. The van der Waals surface area contributed by atoms with Gasteiger partial charge in [0.15, 0.2) is 0 Å². The number of rotatable bonds is 5. The van der Waals surface area contributed by atoms with Gasteiger partial charge in [-0.3, -0.25) is 4.90 Å². The molecule has 0 spiro atoms. The molecule has 2 rings (SSSR count). The quantitative estimate of drug-likeness (QED) is 0.836. The van der Waals surface area contributed by atoms with Gasteiger partial charge in [-0.25, -0.2) is 0 Å². The molecule has 0 aliphatic carbocycles. The lowest BCUT2D eigenvalue weighted by Gasteiger charge is -2.33. The Hall–Kier alpha value is -0.510. The van der Waals surface area contributed by atoms with Gasteiger partial charge in [-0.1, -0.05) is 26.0 Å². The standard InChI is InChI=1S/C17H27NOS/c1-13(2)20-17-6-4-15(5-7-17)12-18-10-8-16(9-11-18)14(3)19/h4-7,13-14,16,19H,8-12H2,1-3H3. The Kier molecular flexibility index (Phi) is 5.94. The van der Waals surface area contributed by atoms with Crippen molar-refractivity contribution in [2.24, 2.45) is 5.92 Å². The van der Waals surface area contributed by atoms with Crippen LogP contribution in [0.25, 0.3) is 0 Å². The Bertz CT molecular complexity index is 394. The van der Waals surface area contributed by atoms with E-state index in [0.717, 1.165) is 32.5 Å². The molecule has 1 heterocycles. The fourth-order valence-corrected chi connectivity index (χ4v) is 3.63. The minimum absolute atomic E-state index is 0.149. The third kappa shape index (κ3) is 4.80. The monoisotopic (exact) mass is 293 g/mol. The number of nitrogens with zero attached hydrogens (tertiary/aromatic N) is 1. The first-order valence-corrected chi connectivity index (χ1v) is 8.58. The van der Waals surface area contributed by atoms with Crippen molar-refractivity contribution < 1.29 is 5.11 Å². The van der Waals surface area contributed by atoms with Crippen molar-refractivity contribution in [3.8, 4) is 0 Å². The first-order chi connectivity index (χ1) is 9.54. The number of aliphatic hydroxyl groups is 1. The lowest BCUT2D eigenvalue weighted by atomic mass is 9.92. The predicted molar refractivity (Wildman–Crippen MR) is 87.1 cm³/mol. The highest BCUT2D eigenvalue weighted by molar-refractivity contribution is 7.99. The van der Waals surface area contributed by atoms with Crippen LogP contribution in [0.15, 0.2) is 29.2 Å². The molecule has 0 amide bonds. The van der Waals surface area contributed by atoms with E-state index in [2.05, 4.69) is 43.0 Å². The molecular weight excluding hydrogens is 266 g/mol. The summed E-state index contributed by atoms with van der Waals surface area (Å²) in [5, 5.41) is 10.3. The normalized spacial score (nSPS) is 19.4. The van der Waals surface area contributed by atoms with Crippen molar-refractivity contribution >= 4 is 11.8 Å².